The Bertz CT molecular complexity index is 1170. The Morgan fingerprint density at radius 1 is 0.674 bits per heavy atom. The Balaban J connectivity index is 4.40. The summed E-state index contributed by atoms with van der Waals surface area (Å²) in [5.41, 5.74) is 0. The molecular weight excluding hydrogens is 634 g/mol. The molecule has 2 atom stereocenters. The van der Waals surface area contributed by atoms with Gasteiger partial charge in [-0.2, -0.15) is 0 Å². The molecule has 2 unspecified atom stereocenters. The van der Waals surface area contributed by atoms with Gasteiger partial charge in [-0.1, -0.05) is 0 Å². The highest BCUT2D eigenvalue weighted by Crippen LogP contribution is 2.15. The Kier molecular flexibility index (Phi) is 21.4. The number of aliphatic carboxylic acids is 3. The average Bonchev–Trinajstić information content (AvgIpc) is 2.94. The number of hydrogen-bond acceptors (Lipinski definition) is 11. The number of carboxylic acid groups (broad SMARTS) is 3. The Hall–Kier alpha value is -3.93. The first-order chi connectivity index (χ1) is 21.6. The van der Waals surface area contributed by atoms with Gasteiger partial charge in [-0.25, -0.2) is 13.2 Å². The van der Waals surface area contributed by atoms with Crippen molar-refractivity contribution in [2.24, 2.45) is 5.92 Å². The van der Waals surface area contributed by atoms with Crippen LogP contribution < -0.4 is 15.4 Å². The summed E-state index contributed by atoms with van der Waals surface area (Å²) in [7, 11) is -2.51. The molecule has 0 rings (SSSR count). The first kappa shape index (κ1) is 42.1. The molecule has 0 saturated heterocycles. The number of amides is 3. The molecule has 0 spiro atoms. The van der Waals surface area contributed by atoms with Gasteiger partial charge in [-0.15, -0.1) is 0 Å². The number of Topliss-reactive ketones (excluding diaryl/α,β-unsaturated/α-hetero) is 2. The SMILES string of the molecule is COCCCC(=O)CCC(NC(=O)CCC(CC(=O)CCCNC(=O)CCCS(=O)(=O)NC(=O)CCCC(=O)O)C(=O)O)C(=O)O. The summed E-state index contributed by atoms with van der Waals surface area (Å²) in [5, 5.41) is 32.1. The minimum Gasteiger partial charge on any atom is -0.481 e. The molecule has 0 aromatic heterocycles. The lowest BCUT2D eigenvalue weighted by molar-refractivity contribution is -0.145. The van der Waals surface area contributed by atoms with Crippen LogP contribution in [-0.4, -0.2) is 103 Å². The molecule has 18 heteroatoms. The van der Waals surface area contributed by atoms with Crippen LogP contribution in [0.2, 0.25) is 0 Å². The zero-order valence-electron chi connectivity index (χ0n) is 25.9. The van der Waals surface area contributed by atoms with E-state index < -0.39 is 69.1 Å². The molecule has 0 saturated carbocycles. The van der Waals surface area contributed by atoms with Gasteiger partial charge in [0.25, 0.3) is 0 Å². The van der Waals surface area contributed by atoms with Crippen LogP contribution >= 0.6 is 0 Å². The summed E-state index contributed by atoms with van der Waals surface area (Å²) < 4.78 is 30.5. The fourth-order valence-electron chi connectivity index (χ4n) is 4.06. The van der Waals surface area contributed by atoms with Crippen LogP contribution in [0, 0.1) is 5.92 Å². The van der Waals surface area contributed by atoms with Crippen molar-refractivity contribution in [1.29, 1.82) is 0 Å². The number of ether oxygens (including phenoxy) is 1. The smallest absolute Gasteiger partial charge is 0.326 e. The first-order valence-electron chi connectivity index (χ1n) is 14.8. The first-order valence-corrected chi connectivity index (χ1v) is 16.5. The molecule has 0 aliphatic heterocycles. The number of sulfonamides is 1. The third-order valence-corrected chi connectivity index (χ3v) is 7.89. The van der Waals surface area contributed by atoms with Crippen molar-refractivity contribution in [3.63, 3.8) is 0 Å². The van der Waals surface area contributed by atoms with Gasteiger partial charge in [0.1, 0.15) is 17.6 Å². The van der Waals surface area contributed by atoms with Gasteiger partial charge < -0.3 is 30.7 Å². The summed E-state index contributed by atoms with van der Waals surface area (Å²) in [6.45, 7) is 0.445. The van der Waals surface area contributed by atoms with Crippen LogP contribution in [0.15, 0.2) is 0 Å². The fourth-order valence-corrected chi connectivity index (χ4v) is 5.14. The minimum atomic E-state index is -4.00. The van der Waals surface area contributed by atoms with Crippen LogP contribution in [0.25, 0.3) is 0 Å². The maximum Gasteiger partial charge on any atom is 0.326 e. The number of rotatable bonds is 28. The second-order valence-electron chi connectivity index (χ2n) is 10.6. The Morgan fingerprint density at radius 2 is 1.33 bits per heavy atom. The summed E-state index contributed by atoms with van der Waals surface area (Å²) in [4.78, 5) is 93.5. The molecule has 0 aromatic rings. The predicted octanol–water partition coefficient (Wildman–Crippen LogP) is 0.149. The van der Waals surface area contributed by atoms with Crippen molar-refractivity contribution in [3.05, 3.63) is 0 Å². The number of carbonyl (C=O) groups is 8. The molecule has 0 aromatic carbocycles. The lowest BCUT2D eigenvalue weighted by atomic mass is 9.95. The van der Waals surface area contributed by atoms with Crippen molar-refractivity contribution >= 4 is 57.2 Å². The van der Waals surface area contributed by atoms with E-state index in [4.69, 9.17) is 9.84 Å². The fraction of sp³-hybridized carbons (Fsp3) is 0.714. The van der Waals surface area contributed by atoms with Crippen molar-refractivity contribution in [3.8, 4) is 0 Å². The van der Waals surface area contributed by atoms with E-state index in [1.54, 1.807) is 4.72 Å². The third kappa shape index (κ3) is 22.6. The molecule has 0 radical (unpaired) electrons. The van der Waals surface area contributed by atoms with Gasteiger partial charge in [-0.05, 0) is 38.5 Å². The molecule has 0 heterocycles. The molecule has 6 N–H and O–H groups in total. The van der Waals surface area contributed by atoms with E-state index >= 15 is 0 Å². The van der Waals surface area contributed by atoms with E-state index in [0.717, 1.165) is 0 Å². The topological polar surface area (TPSA) is 277 Å². The van der Waals surface area contributed by atoms with E-state index in [2.05, 4.69) is 10.6 Å². The van der Waals surface area contributed by atoms with Crippen LogP contribution in [0.5, 0.6) is 0 Å². The predicted molar refractivity (Wildman–Crippen MR) is 160 cm³/mol. The monoisotopic (exact) mass is 679 g/mol. The molecular formula is C28H45N3O14S. The van der Waals surface area contributed by atoms with Crippen molar-refractivity contribution < 1.29 is 66.8 Å². The maximum atomic E-state index is 12.3. The Morgan fingerprint density at radius 3 is 1.93 bits per heavy atom. The Labute approximate surface area is 267 Å². The standard InChI is InChI=1S/C28H45N3O14S/c1-45-16-4-7-20(32)12-13-22(28(41)42)30-24(35)14-11-19(27(39)40)18-21(33)6-3-15-29-23(34)9-5-17-46(43,44)31-25(36)8-2-10-26(37)38/h19,22H,2-18H2,1H3,(H,29,34)(H,30,35)(H,31,36)(H,37,38)(H,39,40)(H,41,42). The molecule has 0 bridgehead atoms. The molecule has 3 amide bonds. The quantitative estimate of drug-likeness (QED) is 0.0601. The van der Waals surface area contributed by atoms with Crippen LogP contribution in [0.3, 0.4) is 0 Å². The average molecular weight is 680 g/mol. The van der Waals surface area contributed by atoms with E-state index in [0.29, 0.717) is 13.0 Å². The highest BCUT2D eigenvalue weighted by atomic mass is 32.2. The second-order valence-corrected chi connectivity index (χ2v) is 12.4. The van der Waals surface area contributed by atoms with E-state index in [-0.39, 0.29) is 95.8 Å². The number of nitrogens with one attached hydrogen (secondary N) is 3. The van der Waals surface area contributed by atoms with Gasteiger partial charge in [0.15, 0.2) is 0 Å². The van der Waals surface area contributed by atoms with E-state index in [1.807, 2.05) is 0 Å². The molecule has 0 aliphatic rings. The van der Waals surface area contributed by atoms with Crippen LogP contribution in [0.1, 0.15) is 89.9 Å². The normalized spacial score (nSPS) is 12.4. The maximum absolute atomic E-state index is 12.3. The minimum absolute atomic E-state index is 0.0215. The summed E-state index contributed by atoms with van der Waals surface area (Å²) in [6, 6.07) is -1.33. The highest BCUT2D eigenvalue weighted by molar-refractivity contribution is 7.90. The molecule has 262 valence electrons. The van der Waals surface area contributed by atoms with E-state index in [1.165, 1.54) is 7.11 Å². The zero-order chi connectivity index (χ0) is 35.1. The number of carbonyl (C=O) groups excluding carboxylic acids is 5. The molecule has 46 heavy (non-hydrogen) atoms. The van der Waals surface area contributed by atoms with Crippen LogP contribution in [0.4, 0.5) is 0 Å². The zero-order valence-corrected chi connectivity index (χ0v) is 26.7. The summed E-state index contributed by atoms with van der Waals surface area (Å²) >= 11 is 0. The van der Waals surface area contributed by atoms with Gasteiger partial charge in [0.05, 0.1) is 11.7 Å². The van der Waals surface area contributed by atoms with Gasteiger partial charge in [0, 0.05) is 71.6 Å². The number of carboxylic acids is 3. The van der Waals surface area contributed by atoms with Crippen molar-refractivity contribution in [2.75, 3.05) is 26.0 Å². The highest BCUT2D eigenvalue weighted by Gasteiger charge is 2.25. The van der Waals surface area contributed by atoms with Gasteiger partial charge in [-0.3, -0.25) is 38.3 Å². The summed E-state index contributed by atoms with van der Waals surface area (Å²) in [5.74, 6) is -8.14. The van der Waals surface area contributed by atoms with Crippen LogP contribution in [-0.2, 0) is 53.1 Å². The number of methoxy groups -OCH3 is 1. The van der Waals surface area contributed by atoms with Crippen molar-refractivity contribution in [2.45, 2.75) is 95.9 Å². The molecule has 0 fully saturated rings. The lowest BCUT2D eigenvalue weighted by Gasteiger charge is -2.16. The molecule has 0 aliphatic carbocycles. The molecule has 17 nitrogen and oxygen atoms in total. The van der Waals surface area contributed by atoms with E-state index in [9.17, 15) is 57.0 Å². The number of ketones is 2. The van der Waals surface area contributed by atoms with Gasteiger partial charge >= 0.3 is 17.9 Å². The van der Waals surface area contributed by atoms with Crippen molar-refractivity contribution in [1.82, 2.24) is 15.4 Å². The third-order valence-electron chi connectivity index (χ3n) is 6.53. The summed E-state index contributed by atoms with van der Waals surface area (Å²) in [6.07, 6.45) is -1.20. The number of hydrogen-bond donors (Lipinski definition) is 6. The van der Waals surface area contributed by atoms with Gasteiger partial charge in [0.2, 0.25) is 27.7 Å². The largest absolute Gasteiger partial charge is 0.481 e. The second kappa shape index (κ2) is 23.4. The lowest BCUT2D eigenvalue weighted by Crippen LogP contribution is -2.41.